The first-order valence-corrected chi connectivity index (χ1v) is 6.13. The molecule has 0 unspecified atom stereocenters. The number of benzene rings is 1. The van der Waals surface area contributed by atoms with Gasteiger partial charge in [0.25, 0.3) is 0 Å². The van der Waals surface area contributed by atoms with E-state index in [4.69, 9.17) is 15.2 Å². The molecule has 0 aromatic heterocycles. The minimum atomic E-state index is 0.115. The van der Waals surface area contributed by atoms with Crippen LogP contribution in [0, 0.1) is 0 Å². The van der Waals surface area contributed by atoms with E-state index in [9.17, 15) is 0 Å². The lowest BCUT2D eigenvalue weighted by atomic mass is 9.76. The van der Waals surface area contributed by atoms with Gasteiger partial charge in [0.05, 0.1) is 24.8 Å². The van der Waals surface area contributed by atoms with Crippen molar-refractivity contribution in [3.8, 4) is 5.75 Å². The molecule has 3 nitrogen and oxygen atoms in total. The van der Waals surface area contributed by atoms with Crippen LogP contribution in [0.5, 0.6) is 5.75 Å². The first-order valence-electron chi connectivity index (χ1n) is 5.34. The second-order valence-corrected chi connectivity index (χ2v) is 5.02. The number of methoxy groups -OCH3 is 1. The second-order valence-electron chi connectivity index (χ2n) is 4.16. The van der Waals surface area contributed by atoms with Gasteiger partial charge in [0.2, 0.25) is 0 Å². The van der Waals surface area contributed by atoms with E-state index in [1.54, 1.807) is 7.11 Å². The molecule has 0 spiro atoms. The number of ether oxygens (including phenoxy) is 2. The lowest BCUT2D eigenvalue weighted by Gasteiger charge is -2.42. The fraction of sp³-hybridized carbons (Fsp3) is 0.500. The minimum absolute atomic E-state index is 0.115. The number of rotatable bonds is 4. The Morgan fingerprint density at radius 2 is 2.25 bits per heavy atom. The summed E-state index contributed by atoms with van der Waals surface area (Å²) in [4.78, 5) is 0. The van der Waals surface area contributed by atoms with Crippen LogP contribution < -0.4 is 10.5 Å². The molecule has 4 heteroatoms. The van der Waals surface area contributed by atoms with Gasteiger partial charge >= 0.3 is 0 Å². The third kappa shape index (κ3) is 1.97. The van der Waals surface area contributed by atoms with E-state index in [1.165, 1.54) is 5.56 Å². The van der Waals surface area contributed by atoms with E-state index >= 15 is 0 Å². The summed E-state index contributed by atoms with van der Waals surface area (Å²) in [7, 11) is 1.67. The maximum atomic E-state index is 5.66. The summed E-state index contributed by atoms with van der Waals surface area (Å²) in [5.41, 5.74) is 7.05. The number of hydrogen-bond donors (Lipinski definition) is 1. The Morgan fingerprint density at radius 1 is 1.50 bits per heavy atom. The molecule has 0 aliphatic carbocycles. The lowest BCUT2D eigenvalue weighted by Crippen LogP contribution is -2.48. The molecule has 1 aliphatic heterocycles. The molecule has 2 N–H and O–H groups in total. The van der Waals surface area contributed by atoms with Crippen molar-refractivity contribution in [3.63, 3.8) is 0 Å². The third-order valence-corrected chi connectivity index (χ3v) is 3.76. The molecule has 1 aromatic carbocycles. The Morgan fingerprint density at radius 3 is 2.69 bits per heavy atom. The number of nitrogens with two attached hydrogens (primary N) is 1. The van der Waals surface area contributed by atoms with Crippen molar-refractivity contribution in [1.29, 1.82) is 0 Å². The Bertz CT molecular complexity index is 377. The standard InChI is InChI=1S/C12H16BrNO2/c1-15-11-3-2-9(6-10(11)13)12(4-5-14)7-16-8-12/h2-3,6H,4-5,7-8,14H2,1H3. The van der Waals surface area contributed by atoms with E-state index in [-0.39, 0.29) is 5.41 Å². The summed E-state index contributed by atoms with van der Waals surface area (Å²) in [6, 6.07) is 6.19. The minimum Gasteiger partial charge on any atom is -0.496 e. The van der Waals surface area contributed by atoms with Crippen LogP contribution >= 0.6 is 15.9 Å². The van der Waals surface area contributed by atoms with E-state index < -0.39 is 0 Å². The van der Waals surface area contributed by atoms with Gasteiger partial charge in [-0.25, -0.2) is 0 Å². The Balaban J connectivity index is 2.29. The van der Waals surface area contributed by atoms with E-state index in [0.29, 0.717) is 6.54 Å². The van der Waals surface area contributed by atoms with E-state index in [0.717, 1.165) is 29.9 Å². The molecule has 0 saturated carbocycles. The van der Waals surface area contributed by atoms with Gasteiger partial charge < -0.3 is 15.2 Å². The van der Waals surface area contributed by atoms with Gasteiger partial charge in [-0.15, -0.1) is 0 Å². The average Bonchev–Trinajstić information content (AvgIpc) is 2.23. The fourth-order valence-corrected chi connectivity index (χ4v) is 2.62. The summed E-state index contributed by atoms with van der Waals surface area (Å²) in [5.74, 6) is 0.854. The zero-order valence-corrected chi connectivity index (χ0v) is 10.9. The zero-order chi connectivity index (χ0) is 11.6. The normalized spacial score (nSPS) is 17.9. The van der Waals surface area contributed by atoms with Gasteiger partial charge in [-0.3, -0.25) is 0 Å². The van der Waals surface area contributed by atoms with Crippen molar-refractivity contribution in [1.82, 2.24) is 0 Å². The molecule has 1 aliphatic rings. The molecule has 2 rings (SSSR count). The van der Waals surface area contributed by atoms with Crippen LogP contribution in [0.3, 0.4) is 0 Å². The largest absolute Gasteiger partial charge is 0.496 e. The van der Waals surface area contributed by atoms with Crippen LogP contribution in [-0.2, 0) is 10.2 Å². The summed E-state index contributed by atoms with van der Waals surface area (Å²) in [5, 5.41) is 0. The first-order chi connectivity index (χ1) is 7.72. The van der Waals surface area contributed by atoms with E-state index in [1.807, 2.05) is 6.07 Å². The Kier molecular flexibility index (Phi) is 3.52. The van der Waals surface area contributed by atoms with Crippen molar-refractivity contribution in [2.75, 3.05) is 26.9 Å². The smallest absolute Gasteiger partial charge is 0.133 e. The topological polar surface area (TPSA) is 44.5 Å². The lowest BCUT2D eigenvalue weighted by molar-refractivity contribution is -0.0631. The zero-order valence-electron chi connectivity index (χ0n) is 9.33. The fourth-order valence-electron chi connectivity index (χ4n) is 2.08. The molecule has 16 heavy (non-hydrogen) atoms. The predicted molar refractivity (Wildman–Crippen MR) is 66.9 cm³/mol. The van der Waals surface area contributed by atoms with Crippen molar-refractivity contribution >= 4 is 15.9 Å². The van der Waals surface area contributed by atoms with Gasteiger partial charge in [0, 0.05) is 5.41 Å². The van der Waals surface area contributed by atoms with Crippen molar-refractivity contribution in [2.45, 2.75) is 11.8 Å². The molecular weight excluding hydrogens is 270 g/mol. The molecule has 1 aromatic rings. The molecule has 0 atom stereocenters. The van der Waals surface area contributed by atoms with Gasteiger partial charge in [-0.1, -0.05) is 6.07 Å². The average molecular weight is 286 g/mol. The van der Waals surface area contributed by atoms with Crippen molar-refractivity contribution < 1.29 is 9.47 Å². The van der Waals surface area contributed by atoms with Crippen LogP contribution in [-0.4, -0.2) is 26.9 Å². The molecule has 0 radical (unpaired) electrons. The highest BCUT2D eigenvalue weighted by atomic mass is 79.9. The quantitative estimate of drug-likeness (QED) is 0.921. The highest BCUT2D eigenvalue weighted by Crippen LogP contribution is 2.38. The van der Waals surface area contributed by atoms with Crippen LogP contribution in [0.2, 0.25) is 0 Å². The Labute approximate surface area is 104 Å². The molecule has 0 amide bonds. The summed E-state index contributed by atoms with van der Waals surface area (Å²) >= 11 is 3.51. The molecular formula is C12H16BrNO2. The highest BCUT2D eigenvalue weighted by Gasteiger charge is 2.39. The molecule has 0 bridgehead atoms. The third-order valence-electron chi connectivity index (χ3n) is 3.14. The van der Waals surface area contributed by atoms with Gasteiger partial charge in [0.1, 0.15) is 5.75 Å². The number of halogens is 1. The van der Waals surface area contributed by atoms with Gasteiger partial charge in [-0.2, -0.15) is 0 Å². The monoisotopic (exact) mass is 285 g/mol. The summed E-state index contributed by atoms with van der Waals surface area (Å²) in [6.07, 6.45) is 0.964. The first kappa shape index (κ1) is 11.9. The maximum absolute atomic E-state index is 5.66. The number of hydrogen-bond acceptors (Lipinski definition) is 3. The molecule has 1 saturated heterocycles. The van der Waals surface area contributed by atoms with E-state index in [2.05, 4.69) is 28.1 Å². The van der Waals surface area contributed by atoms with Crippen molar-refractivity contribution in [2.24, 2.45) is 5.73 Å². The Hall–Kier alpha value is -0.580. The van der Waals surface area contributed by atoms with Crippen LogP contribution in [0.1, 0.15) is 12.0 Å². The van der Waals surface area contributed by atoms with Crippen LogP contribution in [0.25, 0.3) is 0 Å². The molecule has 1 heterocycles. The maximum Gasteiger partial charge on any atom is 0.133 e. The van der Waals surface area contributed by atoms with Gasteiger partial charge in [-0.05, 0) is 46.6 Å². The van der Waals surface area contributed by atoms with Crippen molar-refractivity contribution in [3.05, 3.63) is 28.2 Å². The van der Waals surface area contributed by atoms with Crippen LogP contribution in [0.4, 0.5) is 0 Å². The SMILES string of the molecule is COc1ccc(C2(CCN)COC2)cc1Br. The summed E-state index contributed by atoms with van der Waals surface area (Å²) < 4.78 is 11.5. The van der Waals surface area contributed by atoms with Crippen LogP contribution in [0.15, 0.2) is 22.7 Å². The summed E-state index contributed by atoms with van der Waals surface area (Å²) in [6.45, 7) is 2.22. The highest BCUT2D eigenvalue weighted by molar-refractivity contribution is 9.10. The molecule has 1 fully saturated rings. The second kappa shape index (κ2) is 4.73. The van der Waals surface area contributed by atoms with Gasteiger partial charge in [0.15, 0.2) is 0 Å². The predicted octanol–water partition coefficient (Wildman–Crippen LogP) is 2.07. The molecule has 88 valence electrons.